The molecule has 1 aliphatic carbocycles. The Balaban J connectivity index is 1.32. The highest BCUT2D eigenvalue weighted by Gasteiger charge is 2.26. The Bertz CT molecular complexity index is 965. The Hall–Kier alpha value is -2.97. The predicted octanol–water partition coefficient (Wildman–Crippen LogP) is 3.74. The van der Waals surface area contributed by atoms with E-state index in [1.165, 1.54) is 18.3 Å². The summed E-state index contributed by atoms with van der Waals surface area (Å²) in [7, 11) is 0. The third-order valence-electron chi connectivity index (χ3n) is 5.60. The minimum atomic E-state index is -2.60. The number of carbonyl (C=O) groups excluding carboxylic acids is 1. The molecule has 2 aliphatic rings. The third kappa shape index (κ3) is 4.29. The van der Waals surface area contributed by atoms with Gasteiger partial charge in [-0.3, -0.25) is 9.36 Å². The highest BCUT2D eigenvalue weighted by molar-refractivity contribution is 5.94. The van der Waals surface area contributed by atoms with Crippen LogP contribution in [0.25, 0.3) is 5.82 Å². The molecule has 0 saturated heterocycles. The van der Waals surface area contributed by atoms with Crippen LogP contribution in [-0.2, 0) is 6.42 Å². The van der Waals surface area contributed by atoms with Gasteiger partial charge in [-0.05, 0) is 50.3 Å². The fourth-order valence-electron chi connectivity index (χ4n) is 4.04. The summed E-state index contributed by atoms with van der Waals surface area (Å²) in [6.45, 7) is 0. The number of benzene rings is 1. The Morgan fingerprint density at radius 1 is 1.20 bits per heavy atom. The number of fused-ring (bicyclic) bond motifs is 1. The van der Waals surface area contributed by atoms with Crippen LogP contribution in [-0.4, -0.2) is 32.6 Å². The minimum absolute atomic E-state index is 0.0710. The summed E-state index contributed by atoms with van der Waals surface area (Å²) in [6.07, 6.45) is 5.16. The fourth-order valence-corrected chi connectivity index (χ4v) is 4.04. The number of imidazole rings is 1. The molecular formula is C21H23F3N4O2. The minimum Gasteiger partial charge on any atom is -0.508 e. The van der Waals surface area contributed by atoms with Gasteiger partial charge in [0.2, 0.25) is 0 Å². The first-order valence-corrected chi connectivity index (χ1v) is 10.0. The Morgan fingerprint density at radius 3 is 2.63 bits per heavy atom. The fraction of sp³-hybridized carbons (Fsp3) is 0.429. The van der Waals surface area contributed by atoms with Crippen molar-refractivity contribution < 1.29 is 23.1 Å². The van der Waals surface area contributed by atoms with Gasteiger partial charge in [0.1, 0.15) is 28.9 Å². The molecule has 0 atom stereocenters. The second-order valence-electron chi connectivity index (χ2n) is 7.71. The summed E-state index contributed by atoms with van der Waals surface area (Å²) >= 11 is 0. The monoisotopic (exact) mass is 420 g/mol. The number of aromatic nitrogens is 2. The topological polar surface area (TPSA) is 79.2 Å². The first-order valence-electron chi connectivity index (χ1n) is 10.0. The van der Waals surface area contributed by atoms with Crippen molar-refractivity contribution in [2.75, 3.05) is 0 Å². The number of phenols is 1. The summed E-state index contributed by atoms with van der Waals surface area (Å²) in [5.74, 6) is -0.0799. The summed E-state index contributed by atoms with van der Waals surface area (Å²) in [6, 6.07) is 3.54. The van der Waals surface area contributed by atoms with Crippen molar-refractivity contribution in [3.8, 4) is 5.75 Å². The zero-order valence-corrected chi connectivity index (χ0v) is 16.2. The largest absolute Gasteiger partial charge is 0.508 e. The first kappa shape index (κ1) is 20.3. The smallest absolute Gasteiger partial charge is 0.281 e. The van der Waals surface area contributed by atoms with Crippen LogP contribution in [0.15, 0.2) is 30.5 Å². The number of hydrogen-bond donors (Lipinski definition) is 3. The summed E-state index contributed by atoms with van der Waals surface area (Å²) in [5.41, 5.74) is -0.310. The standard InChI is InChI=1S/C21H23F3N4O2/c22-16-10-14(29)8-9-15(16)21(30)26-13-6-4-12(5-7-13)25-18-2-1-3-19-27-17(20(23)24)11-28(18)19/h2,8-13,20,25,29H,1,3-7H2,(H,26,30). The van der Waals surface area contributed by atoms with Crippen molar-refractivity contribution >= 4 is 11.7 Å². The van der Waals surface area contributed by atoms with Gasteiger partial charge in [-0.15, -0.1) is 0 Å². The molecule has 30 heavy (non-hydrogen) atoms. The van der Waals surface area contributed by atoms with E-state index in [1.807, 2.05) is 6.08 Å². The molecule has 2 aromatic rings. The van der Waals surface area contributed by atoms with Crippen LogP contribution in [0.4, 0.5) is 13.2 Å². The lowest BCUT2D eigenvalue weighted by Gasteiger charge is -2.32. The zero-order chi connectivity index (χ0) is 21.3. The SMILES string of the molecule is O=C(NC1CCC(NC2=CCCc3nc(C(F)F)cn32)CC1)c1ccc(O)cc1F. The number of aryl methyl sites for hydroxylation is 1. The van der Waals surface area contributed by atoms with Gasteiger partial charge in [0.15, 0.2) is 0 Å². The van der Waals surface area contributed by atoms with E-state index >= 15 is 0 Å². The molecule has 0 bridgehead atoms. The maximum atomic E-state index is 13.9. The third-order valence-corrected chi connectivity index (χ3v) is 5.60. The summed E-state index contributed by atoms with van der Waals surface area (Å²) < 4.78 is 41.5. The molecule has 0 spiro atoms. The lowest BCUT2D eigenvalue weighted by molar-refractivity contribution is 0.0920. The summed E-state index contributed by atoms with van der Waals surface area (Å²) in [5, 5.41) is 15.5. The molecule has 9 heteroatoms. The molecule has 160 valence electrons. The molecular weight excluding hydrogens is 397 g/mol. The van der Waals surface area contributed by atoms with Crippen LogP contribution in [0.5, 0.6) is 5.75 Å². The van der Waals surface area contributed by atoms with Gasteiger partial charge in [0, 0.05) is 30.8 Å². The Labute approximate surface area is 171 Å². The predicted molar refractivity (Wildman–Crippen MR) is 104 cm³/mol. The number of nitrogens with zero attached hydrogens (tertiary/aromatic N) is 2. The Morgan fingerprint density at radius 2 is 1.93 bits per heavy atom. The number of nitrogens with one attached hydrogen (secondary N) is 2. The van der Waals surface area contributed by atoms with Crippen LogP contribution >= 0.6 is 0 Å². The van der Waals surface area contributed by atoms with E-state index in [2.05, 4.69) is 15.6 Å². The number of allylic oxidation sites excluding steroid dienone is 1. The number of alkyl halides is 2. The molecule has 1 amide bonds. The van der Waals surface area contributed by atoms with E-state index in [0.717, 1.165) is 44.0 Å². The van der Waals surface area contributed by atoms with E-state index in [9.17, 15) is 23.1 Å². The maximum Gasteiger partial charge on any atom is 0.281 e. The van der Waals surface area contributed by atoms with Crippen molar-refractivity contribution in [3.05, 3.63) is 53.4 Å². The number of aromatic hydroxyl groups is 1. The lowest BCUT2D eigenvalue weighted by atomic mass is 9.91. The molecule has 2 heterocycles. The number of phenolic OH excluding ortho intramolecular Hbond substituents is 1. The van der Waals surface area contributed by atoms with Gasteiger partial charge in [-0.25, -0.2) is 18.2 Å². The highest BCUT2D eigenvalue weighted by atomic mass is 19.3. The number of halogens is 3. The molecule has 6 nitrogen and oxygen atoms in total. The second kappa shape index (κ2) is 8.41. The number of carbonyl (C=O) groups is 1. The van der Waals surface area contributed by atoms with Crippen molar-refractivity contribution in [1.82, 2.24) is 20.2 Å². The number of rotatable bonds is 5. The normalized spacial score (nSPS) is 21.1. The number of hydrogen-bond acceptors (Lipinski definition) is 4. The van der Waals surface area contributed by atoms with Crippen molar-refractivity contribution in [3.63, 3.8) is 0 Å². The van der Waals surface area contributed by atoms with Gasteiger partial charge in [0.05, 0.1) is 5.56 Å². The van der Waals surface area contributed by atoms with E-state index in [-0.39, 0.29) is 29.1 Å². The lowest BCUT2D eigenvalue weighted by Crippen LogP contribution is -2.42. The van der Waals surface area contributed by atoms with Gasteiger partial charge in [0.25, 0.3) is 12.3 Å². The summed E-state index contributed by atoms with van der Waals surface area (Å²) in [4.78, 5) is 16.3. The molecule has 0 radical (unpaired) electrons. The highest BCUT2D eigenvalue weighted by Crippen LogP contribution is 2.26. The molecule has 4 rings (SSSR count). The van der Waals surface area contributed by atoms with Crippen LogP contribution in [0.2, 0.25) is 0 Å². The molecule has 3 N–H and O–H groups in total. The maximum absolute atomic E-state index is 13.9. The molecule has 1 aliphatic heterocycles. The van der Waals surface area contributed by atoms with E-state index < -0.39 is 18.1 Å². The van der Waals surface area contributed by atoms with Crippen LogP contribution in [0.3, 0.4) is 0 Å². The van der Waals surface area contributed by atoms with Crippen molar-refractivity contribution in [2.24, 2.45) is 0 Å². The van der Waals surface area contributed by atoms with Crippen molar-refractivity contribution in [1.29, 1.82) is 0 Å². The van der Waals surface area contributed by atoms with Crippen LogP contribution in [0, 0.1) is 5.82 Å². The quantitative estimate of drug-likeness (QED) is 0.689. The van der Waals surface area contributed by atoms with E-state index in [1.54, 1.807) is 4.57 Å². The van der Waals surface area contributed by atoms with Crippen LogP contribution < -0.4 is 10.6 Å². The molecule has 0 unspecified atom stereocenters. The van der Waals surface area contributed by atoms with E-state index in [0.29, 0.717) is 12.2 Å². The molecule has 1 aromatic heterocycles. The molecule has 1 aromatic carbocycles. The molecule has 1 fully saturated rings. The van der Waals surface area contributed by atoms with Crippen LogP contribution in [0.1, 0.15) is 60.4 Å². The van der Waals surface area contributed by atoms with Gasteiger partial charge < -0.3 is 15.7 Å². The van der Waals surface area contributed by atoms with Gasteiger partial charge in [-0.2, -0.15) is 0 Å². The van der Waals surface area contributed by atoms with Gasteiger partial charge in [-0.1, -0.05) is 0 Å². The Kier molecular flexibility index (Phi) is 5.69. The van der Waals surface area contributed by atoms with Crippen molar-refractivity contribution in [2.45, 2.75) is 57.0 Å². The van der Waals surface area contributed by atoms with Gasteiger partial charge >= 0.3 is 0 Å². The average Bonchev–Trinajstić information content (AvgIpc) is 3.15. The average molecular weight is 420 g/mol. The zero-order valence-electron chi connectivity index (χ0n) is 16.2. The first-order chi connectivity index (χ1) is 14.4. The number of amides is 1. The second-order valence-corrected chi connectivity index (χ2v) is 7.71. The van der Waals surface area contributed by atoms with E-state index in [4.69, 9.17) is 0 Å². The molecule has 1 saturated carbocycles.